The Morgan fingerprint density at radius 1 is 1.50 bits per heavy atom. The molecular weight excluding hydrogens is 216 g/mol. The van der Waals surface area contributed by atoms with Gasteiger partial charge in [-0.2, -0.15) is 0 Å². The average Bonchev–Trinajstić information content (AvgIpc) is 2.20. The number of benzene rings is 1. The minimum absolute atomic E-state index is 0.0443. The molecule has 0 radical (unpaired) electrons. The lowest BCUT2D eigenvalue weighted by Gasteiger charge is -2.08. The van der Waals surface area contributed by atoms with Crippen LogP contribution in [0.3, 0.4) is 0 Å². The summed E-state index contributed by atoms with van der Waals surface area (Å²) in [4.78, 5) is 12.1. The highest BCUT2D eigenvalue weighted by Gasteiger charge is 2.08. The summed E-state index contributed by atoms with van der Waals surface area (Å²) in [6.45, 7) is 2.07. The van der Waals surface area contributed by atoms with Gasteiger partial charge in [-0.15, -0.1) is 24.2 Å². The Hall–Kier alpha value is -0.470. The molecule has 0 unspecified atom stereocenters. The van der Waals surface area contributed by atoms with Crippen molar-refractivity contribution in [3.8, 4) is 0 Å². The van der Waals surface area contributed by atoms with Crippen LogP contribution >= 0.6 is 24.2 Å². The molecule has 1 aromatic carbocycles. The van der Waals surface area contributed by atoms with E-state index in [2.05, 4.69) is 19.6 Å². The van der Waals surface area contributed by atoms with Crippen LogP contribution in [0.15, 0.2) is 23.1 Å². The summed E-state index contributed by atoms with van der Waals surface area (Å²) < 4.78 is 0. The number of carbonyl (C=O) groups is 1. The minimum Gasteiger partial charge on any atom is -0.298 e. The molecule has 0 aliphatic carbocycles. The Labute approximate surface area is 94.9 Å². The predicted octanol–water partition coefficient (Wildman–Crippen LogP) is 2.89. The number of carbonyl (C=O) groups excluding carboxylic acids is 1. The second kappa shape index (κ2) is 5.42. The third-order valence-electron chi connectivity index (χ3n) is 2.15. The van der Waals surface area contributed by atoms with Gasteiger partial charge in [-0.25, -0.2) is 0 Å². The summed E-state index contributed by atoms with van der Waals surface area (Å²) >= 11 is 9.81. The highest BCUT2D eigenvalue weighted by Crippen LogP contribution is 2.20. The van der Waals surface area contributed by atoms with Gasteiger partial charge in [-0.05, 0) is 23.6 Å². The molecule has 76 valence electrons. The highest BCUT2D eigenvalue weighted by atomic mass is 35.5. The maximum Gasteiger partial charge on any atom is 0.152 e. The van der Waals surface area contributed by atoms with Crippen molar-refractivity contribution in [3.05, 3.63) is 29.3 Å². The summed E-state index contributed by atoms with van der Waals surface area (Å²) in [6.07, 6.45) is 1.31. The first-order chi connectivity index (χ1) is 6.69. The van der Waals surface area contributed by atoms with Gasteiger partial charge < -0.3 is 0 Å². The maximum absolute atomic E-state index is 11.2. The van der Waals surface area contributed by atoms with Crippen LogP contribution in [0.25, 0.3) is 0 Å². The molecule has 0 spiro atoms. The van der Waals surface area contributed by atoms with Gasteiger partial charge in [0.05, 0.1) is 5.88 Å². The van der Waals surface area contributed by atoms with E-state index in [1.807, 2.05) is 18.2 Å². The molecule has 3 heteroatoms. The van der Waals surface area contributed by atoms with E-state index in [9.17, 15) is 4.79 Å². The Morgan fingerprint density at radius 2 is 2.21 bits per heavy atom. The normalized spacial score (nSPS) is 10.2. The second-order valence-corrected chi connectivity index (χ2v) is 3.87. The van der Waals surface area contributed by atoms with Crippen molar-refractivity contribution in [2.45, 2.75) is 24.7 Å². The molecule has 0 fully saturated rings. The molecule has 0 bridgehead atoms. The summed E-state index contributed by atoms with van der Waals surface area (Å²) in [5.74, 6) is 0.119. The van der Waals surface area contributed by atoms with Gasteiger partial charge in [-0.1, -0.05) is 19.1 Å². The summed E-state index contributed by atoms with van der Waals surface area (Å²) in [7, 11) is 0. The molecule has 0 saturated heterocycles. The Bertz CT molecular complexity index is 336. The van der Waals surface area contributed by atoms with Crippen LogP contribution in [0.5, 0.6) is 0 Å². The molecule has 0 N–H and O–H groups in total. The molecule has 0 atom stereocenters. The SMILES string of the molecule is CCc1cccc(S)c1CC(=O)CCl. The smallest absolute Gasteiger partial charge is 0.152 e. The number of alkyl halides is 1. The van der Waals surface area contributed by atoms with Crippen LogP contribution in [0.1, 0.15) is 18.1 Å². The van der Waals surface area contributed by atoms with Gasteiger partial charge in [0, 0.05) is 11.3 Å². The van der Waals surface area contributed by atoms with Crippen molar-refractivity contribution < 1.29 is 4.79 Å². The molecule has 0 aromatic heterocycles. The van der Waals surface area contributed by atoms with Crippen LogP contribution in [0, 0.1) is 0 Å². The minimum atomic E-state index is 0.0443. The molecule has 0 aliphatic heterocycles. The lowest BCUT2D eigenvalue weighted by Crippen LogP contribution is -2.07. The second-order valence-electron chi connectivity index (χ2n) is 3.12. The van der Waals surface area contributed by atoms with Gasteiger partial charge in [0.2, 0.25) is 0 Å². The fourth-order valence-corrected chi connectivity index (χ4v) is 1.80. The van der Waals surface area contributed by atoms with E-state index in [4.69, 9.17) is 11.6 Å². The van der Waals surface area contributed by atoms with Crippen LogP contribution in [0.4, 0.5) is 0 Å². The Morgan fingerprint density at radius 3 is 2.79 bits per heavy atom. The number of ketones is 1. The number of rotatable bonds is 4. The summed E-state index contributed by atoms with van der Waals surface area (Å²) in [5.41, 5.74) is 2.19. The Kier molecular flexibility index (Phi) is 4.49. The largest absolute Gasteiger partial charge is 0.298 e. The van der Waals surface area contributed by atoms with Crippen molar-refractivity contribution in [2.24, 2.45) is 0 Å². The first kappa shape index (κ1) is 11.6. The summed E-state index contributed by atoms with van der Waals surface area (Å²) in [5, 5.41) is 0. The standard InChI is InChI=1S/C11H13ClOS/c1-2-8-4-3-5-11(14)10(8)6-9(13)7-12/h3-5,14H,2,6-7H2,1H3. The van der Waals surface area contributed by atoms with Gasteiger partial charge in [0.15, 0.2) is 5.78 Å². The molecule has 0 saturated carbocycles. The molecule has 0 amide bonds. The van der Waals surface area contributed by atoms with E-state index in [0.29, 0.717) is 6.42 Å². The molecule has 14 heavy (non-hydrogen) atoms. The zero-order valence-electron chi connectivity index (χ0n) is 8.09. The number of hydrogen-bond acceptors (Lipinski definition) is 2. The molecule has 1 aromatic rings. The topological polar surface area (TPSA) is 17.1 Å². The number of thiol groups is 1. The van der Waals surface area contributed by atoms with Crippen LogP contribution in [-0.4, -0.2) is 11.7 Å². The van der Waals surface area contributed by atoms with E-state index in [0.717, 1.165) is 16.9 Å². The summed E-state index contributed by atoms with van der Waals surface area (Å²) in [6, 6.07) is 5.88. The van der Waals surface area contributed by atoms with Crippen LogP contribution in [-0.2, 0) is 17.6 Å². The zero-order valence-corrected chi connectivity index (χ0v) is 9.74. The van der Waals surface area contributed by atoms with Crippen molar-refractivity contribution in [1.82, 2.24) is 0 Å². The van der Waals surface area contributed by atoms with E-state index < -0.39 is 0 Å². The lowest BCUT2D eigenvalue weighted by molar-refractivity contribution is -0.116. The first-order valence-corrected chi connectivity index (χ1v) is 5.54. The molecular formula is C11H13ClOS. The Balaban J connectivity index is 2.98. The maximum atomic E-state index is 11.2. The van der Waals surface area contributed by atoms with E-state index in [1.165, 1.54) is 5.56 Å². The third kappa shape index (κ3) is 2.76. The van der Waals surface area contributed by atoms with Gasteiger partial charge in [0.1, 0.15) is 0 Å². The van der Waals surface area contributed by atoms with Crippen molar-refractivity contribution in [1.29, 1.82) is 0 Å². The number of halogens is 1. The van der Waals surface area contributed by atoms with Crippen molar-refractivity contribution in [3.63, 3.8) is 0 Å². The quantitative estimate of drug-likeness (QED) is 0.620. The monoisotopic (exact) mass is 228 g/mol. The molecule has 1 nitrogen and oxygen atoms in total. The molecule has 0 aliphatic rings. The number of Topliss-reactive ketones (excluding diaryl/α,β-unsaturated/α-hetero) is 1. The van der Waals surface area contributed by atoms with Gasteiger partial charge in [0.25, 0.3) is 0 Å². The van der Waals surface area contributed by atoms with Crippen molar-refractivity contribution >= 4 is 30.0 Å². The lowest BCUT2D eigenvalue weighted by atomic mass is 10.0. The van der Waals surface area contributed by atoms with E-state index in [-0.39, 0.29) is 11.7 Å². The first-order valence-electron chi connectivity index (χ1n) is 4.56. The van der Waals surface area contributed by atoms with Gasteiger partial charge in [-0.3, -0.25) is 4.79 Å². The van der Waals surface area contributed by atoms with Crippen molar-refractivity contribution in [2.75, 3.05) is 5.88 Å². The molecule has 1 rings (SSSR count). The van der Waals surface area contributed by atoms with Crippen LogP contribution in [0.2, 0.25) is 0 Å². The number of aryl methyl sites for hydroxylation is 1. The predicted molar refractivity (Wildman–Crippen MR) is 62.5 cm³/mol. The fourth-order valence-electron chi connectivity index (χ4n) is 1.40. The fraction of sp³-hybridized carbons (Fsp3) is 0.364. The average molecular weight is 229 g/mol. The van der Waals surface area contributed by atoms with Gasteiger partial charge >= 0.3 is 0 Å². The van der Waals surface area contributed by atoms with Crippen LogP contribution < -0.4 is 0 Å². The molecule has 0 heterocycles. The number of hydrogen-bond donors (Lipinski definition) is 1. The zero-order chi connectivity index (χ0) is 10.6. The highest BCUT2D eigenvalue weighted by molar-refractivity contribution is 7.80. The van der Waals surface area contributed by atoms with E-state index in [1.54, 1.807) is 0 Å². The van der Waals surface area contributed by atoms with E-state index >= 15 is 0 Å². The third-order valence-corrected chi connectivity index (χ3v) is 2.87.